The van der Waals surface area contributed by atoms with Crippen LogP contribution in [0.3, 0.4) is 0 Å². The molecule has 222 valence electrons. The average Bonchev–Trinajstić information content (AvgIpc) is 3.44. The second-order valence-corrected chi connectivity index (χ2v) is 14.3. The van der Waals surface area contributed by atoms with E-state index in [2.05, 4.69) is 22.8 Å². The van der Waals surface area contributed by atoms with Gasteiger partial charge >= 0.3 is 11.9 Å². The molecule has 0 radical (unpaired) electrons. The van der Waals surface area contributed by atoms with E-state index in [1.165, 1.54) is 40.5 Å². The number of hydrazine groups is 1. The Morgan fingerprint density at radius 1 is 1.05 bits per heavy atom. The molecule has 0 aromatic carbocycles. The Morgan fingerprint density at radius 2 is 1.80 bits per heavy atom. The van der Waals surface area contributed by atoms with Gasteiger partial charge in [0.05, 0.1) is 29.7 Å². The molecule has 2 saturated carbocycles. The first-order chi connectivity index (χ1) is 19.0. The predicted octanol–water partition coefficient (Wildman–Crippen LogP) is 3.52. The van der Waals surface area contributed by atoms with Gasteiger partial charge in [0.15, 0.2) is 0 Å². The molecular weight excluding hydrogens is 545 g/mol. The Labute approximate surface area is 232 Å². The lowest BCUT2D eigenvalue weighted by Crippen LogP contribution is -2.50. The molecule has 2 aromatic heterocycles. The molecule has 2 aromatic rings. The highest BCUT2D eigenvalue weighted by atomic mass is 32.2. The quantitative estimate of drug-likeness (QED) is 0.540. The summed E-state index contributed by atoms with van der Waals surface area (Å²) in [7, 11) is -1.43. The summed E-state index contributed by atoms with van der Waals surface area (Å²) in [4.78, 5) is 15.9. The Kier molecular flexibility index (Phi) is 7.56. The van der Waals surface area contributed by atoms with Crippen LogP contribution in [0.5, 0.6) is 0 Å². The first-order valence-corrected chi connectivity index (χ1v) is 16.1. The topological polar surface area (TPSA) is 91.1 Å². The van der Waals surface area contributed by atoms with Crippen LogP contribution in [0.15, 0.2) is 23.3 Å². The molecule has 4 heterocycles. The van der Waals surface area contributed by atoms with Gasteiger partial charge in [-0.1, -0.05) is 25.7 Å². The molecule has 4 atom stereocenters. The number of imidazole rings is 1. The number of fused-ring (bicyclic) bond motifs is 1. The molecule has 40 heavy (non-hydrogen) atoms. The van der Waals surface area contributed by atoms with Crippen molar-refractivity contribution in [1.29, 1.82) is 0 Å². The van der Waals surface area contributed by atoms with Crippen molar-refractivity contribution in [2.75, 3.05) is 26.0 Å². The molecule has 0 amide bonds. The summed E-state index contributed by atoms with van der Waals surface area (Å²) < 4.78 is 71.6. The van der Waals surface area contributed by atoms with Gasteiger partial charge in [0.2, 0.25) is 10.0 Å². The van der Waals surface area contributed by atoms with Gasteiger partial charge in [-0.25, -0.2) is 24.1 Å². The van der Waals surface area contributed by atoms with Gasteiger partial charge < -0.3 is 0 Å². The zero-order valence-electron chi connectivity index (χ0n) is 22.9. The highest BCUT2D eigenvalue weighted by Gasteiger charge is 2.44. The number of pyridine rings is 1. The van der Waals surface area contributed by atoms with E-state index in [1.54, 1.807) is 0 Å². The smallest absolute Gasteiger partial charge is 0.295 e. The van der Waals surface area contributed by atoms with E-state index < -0.39 is 27.5 Å². The van der Waals surface area contributed by atoms with Crippen LogP contribution in [0.4, 0.5) is 13.2 Å². The van der Waals surface area contributed by atoms with Gasteiger partial charge in [-0.3, -0.25) is 13.9 Å². The lowest BCUT2D eigenvalue weighted by molar-refractivity contribution is -0.136. The Morgan fingerprint density at radius 3 is 2.45 bits per heavy atom. The van der Waals surface area contributed by atoms with Gasteiger partial charge in [0, 0.05) is 31.5 Å². The van der Waals surface area contributed by atoms with Gasteiger partial charge in [-0.15, -0.1) is 0 Å². The van der Waals surface area contributed by atoms with Crippen LogP contribution >= 0.6 is 0 Å². The SMILES string of the molecule is CN1CNNC1[C@H](C1CCC1)C1CCCC(n2cc3c(C(F)(F)F)cc(CN4CCCCS4(=O)=O)cn3c2=O)C1. The number of nitrogens with zero attached hydrogens (tertiary/aromatic N) is 4. The fourth-order valence-electron chi connectivity index (χ4n) is 7.46. The van der Waals surface area contributed by atoms with Crippen molar-refractivity contribution in [2.45, 2.75) is 82.7 Å². The molecule has 0 bridgehead atoms. The highest BCUT2D eigenvalue weighted by Crippen LogP contribution is 2.47. The van der Waals surface area contributed by atoms with Gasteiger partial charge in [0.1, 0.15) is 0 Å². The van der Waals surface area contributed by atoms with E-state index >= 15 is 0 Å². The maximum atomic E-state index is 14.2. The van der Waals surface area contributed by atoms with Crippen LogP contribution in [-0.2, 0) is 22.7 Å². The number of alkyl halides is 3. The summed E-state index contributed by atoms with van der Waals surface area (Å²) in [5.74, 6) is 1.37. The largest absolute Gasteiger partial charge is 0.418 e. The van der Waals surface area contributed by atoms with E-state index in [9.17, 15) is 26.4 Å². The van der Waals surface area contributed by atoms with Crippen LogP contribution in [0, 0.1) is 17.8 Å². The Hall–Kier alpha value is -1.93. The normalized spacial score (nSPS) is 29.6. The third-order valence-corrected chi connectivity index (χ3v) is 11.6. The summed E-state index contributed by atoms with van der Waals surface area (Å²) in [5.41, 5.74) is 5.27. The second kappa shape index (κ2) is 10.7. The number of hydrogen-bond acceptors (Lipinski definition) is 6. The standard InChI is InChI=1S/C27H39F3N6O3S/c1-33-17-31-32-25(33)24(19-6-4-7-19)20-8-5-9-21(13-20)35-16-23-22(27(28,29)30)12-18(15-36(23)26(35)37)14-34-10-2-3-11-40(34,38)39/h12,15-16,19-21,24-25,31-32H,2-11,13-14,17H2,1H3/t20?,21?,24-,25?/m1/s1. The minimum absolute atomic E-state index is 0.00930. The molecule has 2 aliphatic carbocycles. The van der Waals surface area contributed by atoms with E-state index in [4.69, 9.17) is 0 Å². The number of nitrogens with one attached hydrogen (secondary N) is 2. The predicted molar refractivity (Wildman–Crippen MR) is 145 cm³/mol. The molecular formula is C27H39F3N6O3S. The molecule has 2 aliphatic heterocycles. The molecule has 13 heteroatoms. The highest BCUT2D eigenvalue weighted by molar-refractivity contribution is 7.89. The van der Waals surface area contributed by atoms with E-state index in [-0.39, 0.29) is 42.1 Å². The summed E-state index contributed by atoms with van der Waals surface area (Å²) in [6.45, 7) is 0.850. The summed E-state index contributed by atoms with van der Waals surface area (Å²) in [6.07, 6.45) is 6.58. The molecule has 3 unspecified atom stereocenters. The number of sulfonamides is 1. The Balaban J connectivity index is 1.33. The number of hydrogen-bond donors (Lipinski definition) is 2. The lowest BCUT2D eigenvalue weighted by Gasteiger charge is -2.46. The first-order valence-electron chi connectivity index (χ1n) is 14.5. The van der Waals surface area contributed by atoms with Gasteiger partial charge in [0.25, 0.3) is 0 Å². The Bertz CT molecular complexity index is 1400. The van der Waals surface area contributed by atoms with Crippen molar-refractivity contribution in [1.82, 2.24) is 29.0 Å². The number of halogens is 3. The van der Waals surface area contributed by atoms with Crippen molar-refractivity contribution in [2.24, 2.45) is 17.8 Å². The molecule has 4 fully saturated rings. The fraction of sp³-hybridized carbons (Fsp3) is 0.741. The van der Waals surface area contributed by atoms with Crippen molar-refractivity contribution in [3.63, 3.8) is 0 Å². The van der Waals surface area contributed by atoms with Crippen molar-refractivity contribution >= 4 is 15.5 Å². The van der Waals surface area contributed by atoms with Crippen LogP contribution in [0.1, 0.15) is 75.0 Å². The van der Waals surface area contributed by atoms with E-state index in [0.717, 1.165) is 42.8 Å². The van der Waals surface area contributed by atoms with Crippen LogP contribution in [-0.4, -0.2) is 58.8 Å². The molecule has 2 saturated heterocycles. The monoisotopic (exact) mass is 584 g/mol. The zero-order valence-corrected chi connectivity index (χ0v) is 23.7. The summed E-state index contributed by atoms with van der Waals surface area (Å²) in [6, 6.07) is 0.828. The van der Waals surface area contributed by atoms with Gasteiger partial charge in [-0.2, -0.15) is 17.5 Å². The third-order valence-electron chi connectivity index (χ3n) is 9.70. The van der Waals surface area contributed by atoms with Crippen LogP contribution in [0.2, 0.25) is 0 Å². The number of aromatic nitrogens is 2. The summed E-state index contributed by atoms with van der Waals surface area (Å²) >= 11 is 0. The third kappa shape index (κ3) is 5.23. The average molecular weight is 585 g/mol. The van der Waals surface area contributed by atoms with Crippen molar-refractivity contribution < 1.29 is 21.6 Å². The van der Waals surface area contributed by atoms with Gasteiger partial charge in [-0.05, 0) is 68.5 Å². The van der Waals surface area contributed by atoms with E-state index in [1.807, 2.05) is 0 Å². The minimum atomic E-state index is -4.68. The van der Waals surface area contributed by atoms with Crippen LogP contribution < -0.4 is 16.5 Å². The second-order valence-electron chi connectivity index (χ2n) is 12.2. The summed E-state index contributed by atoms with van der Waals surface area (Å²) in [5, 5.41) is 0. The lowest BCUT2D eigenvalue weighted by atomic mass is 9.65. The van der Waals surface area contributed by atoms with E-state index in [0.29, 0.717) is 30.6 Å². The van der Waals surface area contributed by atoms with Crippen LogP contribution in [0.25, 0.3) is 5.52 Å². The minimum Gasteiger partial charge on any atom is -0.295 e. The maximum Gasteiger partial charge on any atom is 0.418 e. The molecule has 4 aliphatic rings. The van der Waals surface area contributed by atoms with Crippen molar-refractivity contribution in [3.8, 4) is 0 Å². The maximum absolute atomic E-state index is 14.2. The molecule has 0 spiro atoms. The molecule has 9 nitrogen and oxygen atoms in total. The van der Waals surface area contributed by atoms with Crippen molar-refractivity contribution in [3.05, 3.63) is 40.1 Å². The molecule has 2 N–H and O–H groups in total. The molecule has 6 rings (SSSR count). The fourth-order valence-corrected chi connectivity index (χ4v) is 9.04. The first kappa shape index (κ1) is 28.2. The zero-order chi connectivity index (χ0) is 28.2. The number of rotatable bonds is 6.